The molecule has 0 aliphatic carbocycles. The Hall–Kier alpha value is -1.97. The van der Waals surface area contributed by atoms with Gasteiger partial charge in [0.2, 0.25) is 10.0 Å². The van der Waals surface area contributed by atoms with Crippen LogP contribution in [0, 0.1) is 5.92 Å². The lowest BCUT2D eigenvalue weighted by molar-refractivity contribution is -0.140. The number of benzene rings is 1. The fraction of sp³-hybridized carbons (Fsp3) is 0.467. The molecule has 0 aliphatic heterocycles. The van der Waals surface area contributed by atoms with Crippen LogP contribution in [0.2, 0.25) is 0 Å². The predicted molar refractivity (Wildman–Crippen MR) is 87.2 cm³/mol. The van der Waals surface area contributed by atoms with Crippen molar-refractivity contribution in [1.82, 2.24) is 10.0 Å². The summed E-state index contributed by atoms with van der Waals surface area (Å²) < 4.78 is 31.7. The van der Waals surface area contributed by atoms with E-state index in [4.69, 9.17) is 9.84 Å². The number of aliphatic carboxylic acids is 1. The lowest BCUT2D eigenvalue weighted by Crippen LogP contribution is -2.44. The number of ether oxygens (including phenoxy) is 1. The number of methoxy groups -OCH3 is 1. The van der Waals surface area contributed by atoms with Crippen LogP contribution in [0.25, 0.3) is 0 Å². The molecule has 3 N–H and O–H groups in total. The molecule has 0 saturated heterocycles. The highest BCUT2D eigenvalue weighted by atomic mass is 32.2. The minimum atomic E-state index is -4.07. The van der Waals surface area contributed by atoms with Crippen molar-refractivity contribution >= 4 is 21.9 Å². The number of rotatable bonds is 9. The molecule has 1 amide bonds. The van der Waals surface area contributed by atoms with Gasteiger partial charge in [-0.05, 0) is 24.1 Å². The predicted octanol–water partition coefficient (Wildman–Crippen LogP) is 0.450. The third-order valence-electron chi connectivity index (χ3n) is 3.21. The molecular weight excluding hydrogens is 336 g/mol. The highest BCUT2D eigenvalue weighted by molar-refractivity contribution is 7.89. The normalized spacial score (nSPS) is 12.8. The molecule has 0 spiro atoms. The minimum absolute atomic E-state index is 0.158. The van der Waals surface area contributed by atoms with Crippen LogP contribution >= 0.6 is 0 Å². The van der Waals surface area contributed by atoms with Crippen molar-refractivity contribution in [1.29, 1.82) is 0 Å². The van der Waals surface area contributed by atoms with Gasteiger partial charge in [-0.25, -0.2) is 8.42 Å². The van der Waals surface area contributed by atoms with Gasteiger partial charge in [0.1, 0.15) is 6.04 Å². The Balaban J connectivity index is 2.98. The van der Waals surface area contributed by atoms with Gasteiger partial charge in [-0.3, -0.25) is 9.59 Å². The summed E-state index contributed by atoms with van der Waals surface area (Å²) in [5.41, 5.74) is 0.158. The summed E-state index contributed by atoms with van der Waals surface area (Å²) in [6, 6.07) is 4.13. The van der Waals surface area contributed by atoms with Gasteiger partial charge in [0.15, 0.2) is 0 Å². The summed E-state index contributed by atoms with van der Waals surface area (Å²) in [5, 5.41) is 11.7. The third kappa shape index (κ3) is 5.59. The van der Waals surface area contributed by atoms with E-state index in [1.165, 1.54) is 31.4 Å². The van der Waals surface area contributed by atoms with Gasteiger partial charge in [0, 0.05) is 19.2 Å². The summed E-state index contributed by atoms with van der Waals surface area (Å²) in [5.74, 6) is -2.14. The summed E-state index contributed by atoms with van der Waals surface area (Å²) in [4.78, 5) is 23.0. The van der Waals surface area contributed by atoms with Crippen molar-refractivity contribution in [2.24, 2.45) is 5.92 Å². The molecule has 9 heteroatoms. The van der Waals surface area contributed by atoms with Crippen LogP contribution in [0.5, 0.6) is 0 Å². The second-order valence-electron chi connectivity index (χ2n) is 5.46. The minimum Gasteiger partial charge on any atom is -0.480 e. The van der Waals surface area contributed by atoms with Crippen LogP contribution in [0.3, 0.4) is 0 Å². The Morgan fingerprint density at radius 3 is 2.50 bits per heavy atom. The monoisotopic (exact) mass is 358 g/mol. The first kappa shape index (κ1) is 20.1. The summed E-state index contributed by atoms with van der Waals surface area (Å²) >= 11 is 0. The van der Waals surface area contributed by atoms with Gasteiger partial charge in [0.25, 0.3) is 5.91 Å². The molecule has 0 radical (unpaired) electrons. The van der Waals surface area contributed by atoms with Crippen LogP contribution in [-0.2, 0) is 19.6 Å². The Bertz CT molecular complexity index is 687. The Morgan fingerprint density at radius 1 is 1.29 bits per heavy atom. The van der Waals surface area contributed by atoms with E-state index in [0.29, 0.717) is 13.2 Å². The van der Waals surface area contributed by atoms with Crippen LogP contribution in [0.15, 0.2) is 29.2 Å². The molecule has 0 unspecified atom stereocenters. The number of hydrogen-bond acceptors (Lipinski definition) is 5. The molecule has 1 aromatic rings. The molecule has 134 valence electrons. The summed E-state index contributed by atoms with van der Waals surface area (Å²) in [6.07, 6.45) is 0. The zero-order chi connectivity index (χ0) is 18.3. The second-order valence-corrected chi connectivity index (χ2v) is 7.17. The Morgan fingerprint density at radius 2 is 1.96 bits per heavy atom. The summed E-state index contributed by atoms with van der Waals surface area (Å²) in [6.45, 7) is 3.82. The number of nitrogens with one attached hydrogen (secondary N) is 2. The number of carboxylic acid groups (broad SMARTS) is 1. The van der Waals surface area contributed by atoms with Gasteiger partial charge in [-0.15, -0.1) is 0 Å². The van der Waals surface area contributed by atoms with Gasteiger partial charge in [-0.2, -0.15) is 4.72 Å². The lowest BCUT2D eigenvalue weighted by Gasteiger charge is -2.18. The van der Waals surface area contributed by atoms with E-state index < -0.39 is 33.9 Å². The van der Waals surface area contributed by atoms with E-state index in [2.05, 4.69) is 10.0 Å². The number of sulfonamides is 1. The highest BCUT2D eigenvalue weighted by Crippen LogP contribution is 2.14. The molecule has 0 aromatic heterocycles. The summed E-state index contributed by atoms with van der Waals surface area (Å²) in [7, 11) is -2.57. The van der Waals surface area contributed by atoms with Gasteiger partial charge in [0.05, 0.1) is 11.5 Å². The maximum Gasteiger partial charge on any atom is 0.322 e. The average Bonchev–Trinajstić information content (AvgIpc) is 2.52. The molecular formula is C15H22N2O6S. The molecule has 8 nitrogen and oxygen atoms in total. The van der Waals surface area contributed by atoms with Crippen molar-refractivity contribution in [3.63, 3.8) is 0 Å². The standard InChI is InChI=1S/C15H22N2O6S/c1-10(2)13(15(19)20)17-24(21,22)12-6-4-5-11(9-12)14(18)16-7-8-23-3/h4-6,9-10,13,17H,7-8H2,1-3H3,(H,16,18)(H,19,20)/t13-/m1/s1. The molecule has 0 bridgehead atoms. The molecule has 0 fully saturated rings. The molecule has 0 saturated carbocycles. The number of hydrogen-bond donors (Lipinski definition) is 3. The Labute approximate surface area is 141 Å². The van der Waals surface area contributed by atoms with Crippen LogP contribution in [0.1, 0.15) is 24.2 Å². The topological polar surface area (TPSA) is 122 Å². The number of amides is 1. The first-order chi connectivity index (χ1) is 11.2. The van der Waals surface area contributed by atoms with Crippen LogP contribution < -0.4 is 10.0 Å². The van der Waals surface area contributed by atoms with Crippen molar-refractivity contribution in [3.05, 3.63) is 29.8 Å². The van der Waals surface area contributed by atoms with E-state index in [1.54, 1.807) is 13.8 Å². The fourth-order valence-corrected chi connectivity index (χ4v) is 3.26. The lowest BCUT2D eigenvalue weighted by atomic mass is 10.1. The highest BCUT2D eigenvalue weighted by Gasteiger charge is 2.28. The van der Waals surface area contributed by atoms with Crippen LogP contribution in [-0.4, -0.2) is 51.7 Å². The van der Waals surface area contributed by atoms with Crippen LogP contribution in [0.4, 0.5) is 0 Å². The fourth-order valence-electron chi connectivity index (χ4n) is 1.88. The van der Waals surface area contributed by atoms with Gasteiger partial charge < -0.3 is 15.2 Å². The molecule has 1 rings (SSSR count). The molecule has 0 heterocycles. The molecule has 0 aliphatic rings. The van der Waals surface area contributed by atoms with Crippen molar-refractivity contribution in [2.45, 2.75) is 24.8 Å². The quantitative estimate of drug-likeness (QED) is 0.551. The van der Waals surface area contributed by atoms with Crippen molar-refractivity contribution in [3.8, 4) is 0 Å². The van der Waals surface area contributed by atoms with E-state index in [9.17, 15) is 18.0 Å². The molecule has 24 heavy (non-hydrogen) atoms. The first-order valence-electron chi connectivity index (χ1n) is 7.31. The third-order valence-corrected chi connectivity index (χ3v) is 4.65. The van der Waals surface area contributed by atoms with E-state index in [1.807, 2.05) is 0 Å². The van der Waals surface area contributed by atoms with E-state index in [-0.39, 0.29) is 10.5 Å². The number of carbonyl (C=O) groups excluding carboxylic acids is 1. The average molecular weight is 358 g/mol. The largest absolute Gasteiger partial charge is 0.480 e. The van der Waals surface area contributed by atoms with E-state index >= 15 is 0 Å². The van der Waals surface area contributed by atoms with Gasteiger partial charge in [-0.1, -0.05) is 19.9 Å². The first-order valence-corrected chi connectivity index (χ1v) is 8.79. The zero-order valence-electron chi connectivity index (χ0n) is 13.8. The maximum absolute atomic E-state index is 12.4. The Kier molecular flexibility index (Phi) is 7.33. The van der Waals surface area contributed by atoms with Crippen molar-refractivity contribution < 1.29 is 27.9 Å². The van der Waals surface area contributed by atoms with Crippen molar-refractivity contribution in [2.75, 3.05) is 20.3 Å². The van der Waals surface area contributed by atoms with Gasteiger partial charge >= 0.3 is 5.97 Å². The second kappa shape index (κ2) is 8.76. The maximum atomic E-state index is 12.4. The zero-order valence-corrected chi connectivity index (χ0v) is 14.6. The molecule has 1 atom stereocenters. The molecule has 1 aromatic carbocycles. The smallest absolute Gasteiger partial charge is 0.322 e. The number of carboxylic acids is 1. The van der Waals surface area contributed by atoms with E-state index in [0.717, 1.165) is 0 Å². The number of carbonyl (C=O) groups is 2. The SMILES string of the molecule is COCCNC(=O)c1cccc(S(=O)(=O)N[C@@H](C(=O)O)C(C)C)c1.